The molecule has 1 atom stereocenters. The van der Waals surface area contributed by atoms with Crippen LogP contribution >= 0.6 is 11.3 Å². The molecule has 3 N–H and O–H groups in total. The summed E-state index contributed by atoms with van der Waals surface area (Å²) in [6, 6.07) is 9.85. The van der Waals surface area contributed by atoms with Crippen LogP contribution in [0.2, 0.25) is 0 Å². The van der Waals surface area contributed by atoms with Crippen molar-refractivity contribution in [3.8, 4) is 6.07 Å². The number of nitrogens with zero attached hydrogens (tertiary/aromatic N) is 7. The molecule has 0 saturated carbocycles. The van der Waals surface area contributed by atoms with Gasteiger partial charge < -0.3 is 20.9 Å². The Bertz CT molecular complexity index is 1280. The minimum absolute atomic E-state index is 0.174. The number of urea groups is 1. The molecule has 2 aliphatic heterocycles. The quantitative estimate of drug-likeness (QED) is 0.534. The third-order valence-electron chi connectivity index (χ3n) is 6.79. The van der Waals surface area contributed by atoms with Crippen molar-refractivity contribution < 1.29 is 4.79 Å². The van der Waals surface area contributed by atoms with Gasteiger partial charge in [-0.1, -0.05) is 12.1 Å². The number of rotatable bonds is 5. The van der Waals surface area contributed by atoms with Gasteiger partial charge in [0.1, 0.15) is 29.6 Å². The van der Waals surface area contributed by atoms with Gasteiger partial charge in [-0.15, -0.1) is 11.3 Å². The third kappa shape index (κ3) is 4.77. The lowest BCUT2D eigenvalue weighted by Crippen LogP contribution is -2.36. The number of nitrogen functional groups attached to an aromatic ring is 1. The molecule has 5 rings (SSSR count). The molecule has 1 aromatic carbocycles. The van der Waals surface area contributed by atoms with Crippen LogP contribution in [0.25, 0.3) is 0 Å². The highest BCUT2D eigenvalue weighted by atomic mass is 32.1. The average Bonchev–Trinajstić information content (AvgIpc) is 3.61. The number of carbonyl (C=O) groups is 1. The molecule has 0 bridgehead atoms. The van der Waals surface area contributed by atoms with Crippen molar-refractivity contribution in [3.63, 3.8) is 0 Å². The Balaban J connectivity index is 1.28. The summed E-state index contributed by atoms with van der Waals surface area (Å²) in [5.41, 5.74) is 8.07. The molecule has 4 heterocycles. The first kappa shape index (κ1) is 23.8. The minimum Gasteiger partial charge on any atom is -0.382 e. The zero-order chi connectivity index (χ0) is 25.1. The standard InChI is InChI=1S/C25H29N9OS/c1-32(25(35)30-19-8-2-3-9-20(19)33-10-4-5-11-33)21-15-36-24(31-21)17-7-6-12-34(14-17)23-18(13-26)22(27)28-16-29-23/h2-3,8-9,15-17H,4-7,10-12,14H2,1H3,(H,30,35)(H2,27,28,29). The monoisotopic (exact) mass is 503 g/mol. The molecule has 3 aromatic rings. The lowest BCUT2D eigenvalue weighted by Gasteiger charge is -2.33. The van der Waals surface area contributed by atoms with Crippen LogP contribution in [0, 0.1) is 11.3 Å². The second-order valence-corrected chi connectivity index (χ2v) is 9.99. The Morgan fingerprint density at radius 1 is 1.19 bits per heavy atom. The largest absolute Gasteiger partial charge is 0.382 e. The van der Waals surface area contributed by atoms with Gasteiger partial charge in [0.25, 0.3) is 0 Å². The van der Waals surface area contributed by atoms with Gasteiger partial charge in [-0.05, 0) is 37.8 Å². The molecule has 36 heavy (non-hydrogen) atoms. The molecular weight excluding hydrogens is 474 g/mol. The molecule has 11 heteroatoms. The molecule has 2 aliphatic rings. The van der Waals surface area contributed by atoms with Gasteiger partial charge in [0.05, 0.1) is 16.4 Å². The number of hydrogen-bond acceptors (Lipinski definition) is 9. The van der Waals surface area contributed by atoms with E-state index >= 15 is 0 Å². The Kier molecular flexibility index (Phi) is 6.86. The molecule has 2 aromatic heterocycles. The van der Waals surface area contributed by atoms with E-state index in [1.165, 1.54) is 19.2 Å². The number of hydrogen-bond donors (Lipinski definition) is 2. The van der Waals surface area contributed by atoms with E-state index in [0.29, 0.717) is 23.7 Å². The van der Waals surface area contributed by atoms with E-state index in [1.807, 2.05) is 23.6 Å². The van der Waals surface area contributed by atoms with E-state index in [1.54, 1.807) is 23.3 Å². The summed E-state index contributed by atoms with van der Waals surface area (Å²) >= 11 is 1.55. The van der Waals surface area contributed by atoms with E-state index in [0.717, 1.165) is 48.9 Å². The number of carbonyl (C=O) groups excluding carboxylic acids is 1. The van der Waals surface area contributed by atoms with E-state index in [9.17, 15) is 10.1 Å². The van der Waals surface area contributed by atoms with Crippen LogP contribution in [0.4, 0.5) is 33.6 Å². The van der Waals surface area contributed by atoms with Gasteiger partial charge in [-0.2, -0.15) is 5.26 Å². The number of aromatic nitrogens is 3. The zero-order valence-corrected chi connectivity index (χ0v) is 21.0. The van der Waals surface area contributed by atoms with Crippen LogP contribution in [0.5, 0.6) is 0 Å². The van der Waals surface area contributed by atoms with E-state index < -0.39 is 0 Å². The van der Waals surface area contributed by atoms with Crippen LogP contribution in [0.15, 0.2) is 36.0 Å². The number of benzene rings is 1. The maximum atomic E-state index is 13.1. The van der Waals surface area contributed by atoms with Crippen LogP contribution < -0.4 is 25.8 Å². The molecule has 0 aliphatic carbocycles. The smallest absolute Gasteiger partial charge is 0.327 e. The van der Waals surface area contributed by atoms with Crippen molar-refractivity contribution in [1.29, 1.82) is 5.26 Å². The van der Waals surface area contributed by atoms with E-state index in [2.05, 4.69) is 37.2 Å². The number of piperidine rings is 1. The lowest BCUT2D eigenvalue weighted by molar-refractivity contribution is 0.258. The van der Waals surface area contributed by atoms with Gasteiger partial charge in [0.2, 0.25) is 0 Å². The number of para-hydroxylation sites is 2. The summed E-state index contributed by atoms with van der Waals surface area (Å²) in [5, 5.41) is 15.5. The molecule has 10 nitrogen and oxygen atoms in total. The first-order valence-corrected chi connectivity index (χ1v) is 13.0. The summed E-state index contributed by atoms with van der Waals surface area (Å²) in [7, 11) is 1.74. The van der Waals surface area contributed by atoms with Crippen LogP contribution in [0.3, 0.4) is 0 Å². The molecule has 2 amide bonds. The van der Waals surface area contributed by atoms with Gasteiger partial charge in [-0.25, -0.2) is 19.7 Å². The number of nitrogens with two attached hydrogens (primary N) is 1. The Morgan fingerprint density at radius 3 is 2.78 bits per heavy atom. The molecule has 2 saturated heterocycles. The first-order chi connectivity index (χ1) is 17.5. The average molecular weight is 504 g/mol. The lowest BCUT2D eigenvalue weighted by atomic mass is 9.98. The van der Waals surface area contributed by atoms with Crippen LogP contribution in [0.1, 0.15) is 42.2 Å². The summed E-state index contributed by atoms with van der Waals surface area (Å²) in [4.78, 5) is 32.1. The van der Waals surface area contributed by atoms with Crippen LogP contribution in [-0.4, -0.2) is 54.2 Å². The van der Waals surface area contributed by atoms with Gasteiger partial charge in [0.15, 0.2) is 5.82 Å². The van der Waals surface area contributed by atoms with E-state index in [-0.39, 0.29) is 17.8 Å². The fourth-order valence-electron chi connectivity index (χ4n) is 4.84. The maximum absolute atomic E-state index is 13.1. The maximum Gasteiger partial charge on any atom is 0.327 e. The summed E-state index contributed by atoms with van der Waals surface area (Å²) in [5.74, 6) is 1.56. The first-order valence-electron chi connectivity index (χ1n) is 12.1. The van der Waals surface area contributed by atoms with Gasteiger partial charge in [0, 0.05) is 44.5 Å². The number of nitriles is 1. The second-order valence-electron chi connectivity index (χ2n) is 9.10. The number of thiazole rings is 1. The summed E-state index contributed by atoms with van der Waals surface area (Å²) < 4.78 is 0. The summed E-state index contributed by atoms with van der Waals surface area (Å²) in [6.45, 7) is 3.48. The van der Waals surface area contributed by atoms with Crippen molar-refractivity contribution in [2.24, 2.45) is 0 Å². The zero-order valence-electron chi connectivity index (χ0n) is 20.2. The number of amides is 2. The molecule has 186 valence electrons. The highest BCUT2D eigenvalue weighted by molar-refractivity contribution is 7.10. The minimum atomic E-state index is -0.223. The highest BCUT2D eigenvalue weighted by Crippen LogP contribution is 2.34. The fraction of sp³-hybridized carbons (Fsp3) is 0.400. The Labute approximate surface area is 214 Å². The van der Waals surface area contributed by atoms with Crippen molar-refractivity contribution in [2.45, 2.75) is 31.6 Å². The molecule has 1 unspecified atom stereocenters. The third-order valence-corrected chi connectivity index (χ3v) is 7.78. The predicted octanol–water partition coefficient (Wildman–Crippen LogP) is 4.04. The van der Waals surface area contributed by atoms with E-state index in [4.69, 9.17) is 10.7 Å². The molecular formula is C25H29N9OS. The van der Waals surface area contributed by atoms with Gasteiger partial charge >= 0.3 is 6.03 Å². The van der Waals surface area contributed by atoms with Gasteiger partial charge in [-0.3, -0.25) is 4.90 Å². The topological polar surface area (TPSA) is 127 Å². The van der Waals surface area contributed by atoms with Crippen molar-refractivity contribution >= 4 is 46.2 Å². The van der Waals surface area contributed by atoms with Crippen molar-refractivity contribution in [2.75, 3.05) is 59.0 Å². The Hall–Kier alpha value is -3.91. The molecule has 0 radical (unpaired) electrons. The number of nitrogens with one attached hydrogen (secondary N) is 1. The Morgan fingerprint density at radius 2 is 1.97 bits per heavy atom. The van der Waals surface area contributed by atoms with Crippen LogP contribution in [-0.2, 0) is 0 Å². The molecule has 2 fully saturated rings. The second kappa shape index (κ2) is 10.4. The fourth-order valence-corrected chi connectivity index (χ4v) is 5.81. The van der Waals surface area contributed by atoms with Crippen molar-refractivity contribution in [1.82, 2.24) is 15.0 Å². The predicted molar refractivity (Wildman–Crippen MR) is 143 cm³/mol. The van der Waals surface area contributed by atoms with Crippen molar-refractivity contribution in [3.05, 3.63) is 46.5 Å². The molecule has 0 spiro atoms. The number of anilines is 5. The highest BCUT2D eigenvalue weighted by Gasteiger charge is 2.28. The summed E-state index contributed by atoms with van der Waals surface area (Å²) in [6.07, 6.45) is 5.66. The normalized spacial score (nSPS) is 17.6. The SMILES string of the molecule is CN(C(=O)Nc1ccccc1N1CCCC1)c1csc(C2CCCN(c3ncnc(N)c3C#N)C2)n1.